The predicted octanol–water partition coefficient (Wildman–Crippen LogP) is 0.753. The first kappa shape index (κ1) is 14.4. The third kappa shape index (κ3) is 3.50. The van der Waals surface area contributed by atoms with E-state index in [1.165, 1.54) is 36.7 Å². The van der Waals surface area contributed by atoms with Crippen molar-refractivity contribution in [2.24, 2.45) is 0 Å². The number of nitrogens with zero attached hydrogens (tertiary/aromatic N) is 2. The van der Waals surface area contributed by atoms with Crippen LogP contribution in [0.5, 0.6) is 0 Å². The van der Waals surface area contributed by atoms with Crippen molar-refractivity contribution in [1.29, 1.82) is 0 Å². The Kier molecular flexibility index (Phi) is 4.28. The molecular weight excluding hydrogens is 304 g/mol. The number of hydrogen-bond donors (Lipinski definition) is 2. The van der Waals surface area contributed by atoms with Crippen LogP contribution in [0.25, 0.3) is 0 Å². The molecule has 0 aliphatic heterocycles. The fraction of sp³-hybridized carbons (Fsp3) is 0. The quantitative estimate of drug-likeness (QED) is 0.641. The second-order valence-corrected chi connectivity index (χ2v) is 5.68. The molecule has 0 radical (unpaired) electrons. The maximum Gasteiger partial charge on any atom is 0.266 e. The number of pyridine rings is 2. The molecule has 2 rings (SSSR count). The summed E-state index contributed by atoms with van der Waals surface area (Å²) in [5, 5.41) is 0.171. The molecule has 2 aromatic heterocycles. The van der Waals surface area contributed by atoms with E-state index < -0.39 is 15.9 Å². The predicted molar refractivity (Wildman–Crippen MR) is 71.3 cm³/mol. The minimum absolute atomic E-state index is 0.114. The van der Waals surface area contributed by atoms with Gasteiger partial charge in [0.15, 0.2) is 0 Å². The highest BCUT2D eigenvalue weighted by molar-refractivity contribution is 7.89. The lowest BCUT2D eigenvalue weighted by atomic mass is 10.3. The zero-order valence-corrected chi connectivity index (χ0v) is 11.5. The van der Waals surface area contributed by atoms with E-state index in [2.05, 4.69) is 15.4 Å². The molecule has 9 heteroatoms. The Balaban J connectivity index is 2.06. The summed E-state index contributed by atoms with van der Waals surface area (Å²) < 4.78 is 23.7. The maximum absolute atomic E-state index is 11.9. The van der Waals surface area contributed by atoms with Gasteiger partial charge in [0.1, 0.15) is 10.0 Å². The summed E-state index contributed by atoms with van der Waals surface area (Å²) in [6.07, 6.45) is 3.93. The Hall–Kier alpha value is -2.03. The molecular formula is C11H9ClN4O3S. The Bertz CT molecular complexity index is 704. The molecule has 1 amide bonds. The summed E-state index contributed by atoms with van der Waals surface area (Å²) >= 11 is 5.57. The van der Waals surface area contributed by atoms with Crippen LogP contribution in [0.2, 0.25) is 5.15 Å². The summed E-state index contributed by atoms with van der Waals surface area (Å²) in [4.78, 5) is 20.9. The topological polar surface area (TPSA) is 101 Å². The smallest absolute Gasteiger partial charge is 0.266 e. The van der Waals surface area contributed by atoms with E-state index in [1.807, 2.05) is 4.83 Å². The van der Waals surface area contributed by atoms with Gasteiger partial charge in [-0.1, -0.05) is 11.6 Å². The van der Waals surface area contributed by atoms with Crippen molar-refractivity contribution in [3.8, 4) is 0 Å². The zero-order chi connectivity index (χ0) is 14.6. The normalized spacial score (nSPS) is 11.1. The zero-order valence-electron chi connectivity index (χ0n) is 9.95. The molecule has 20 heavy (non-hydrogen) atoms. The number of carbonyl (C=O) groups excluding carboxylic acids is 1. The van der Waals surface area contributed by atoms with Gasteiger partial charge >= 0.3 is 0 Å². The summed E-state index contributed by atoms with van der Waals surface area (Å²) in [7, 11) is -3.90. The lowest BCUT2D eigenvalue weighted by molar-refractivity contribution is 0.0945. The molecule has 0 spiro atoms. The second-order valence-electron chi connectivity index (χ2n) is 3.61. The molecule has 2 heterocycles. The number of sulfonamides is 1. The monoisotopic (exact) mass is 312 g/mol. The molecule has 0 bridgehead atoms. The van der Waals surface area contributed by atoms with Gasteiger partial charge in [-0.25, -0.2) is 13.4 Å². The summed E-state index contributed by atoms with van der Waals surface area (Å²) in [6.45, 7) is 0. The molecule has 0 aliphatic carbocycles. The number of carbonyl (C=O) groups is 1. The third-order valence-electron chi connectivity index (χ3n) is 2.25. The number of amides is 1. The van der Waals surface area contributed by atoms with Gasteiger partial charge in [0.05, 0.1) is 0 Å². The minimum Gasteiger partial charge on any atom is -0.273 e. The van der Waals surface area contributed by atoms with Crippen molar-refractivity contribution >= 4 is 27.5 Å². The van der Waals surface area contributed by atoms with Crippen molar-refractivity contribution in [3.63, 3.8) is 0 Å². The number of aromatic nitrogens is 2. The van der Waals surface area contributed by atoms with E-state index in [0.29, 0.717) is 0 Å². The molecule has 0 saturated carbocycles. The van der Waals surface area contributed by atoms with Crippen molar-refractivity contribution in [1.82, 2.24) is 20.2 Å². The molecule has 0 atom stereocenters. The summed E-state index contributed by atoms with van der Waals surface area (Å²) in [5.74, 6) is -0.599. The van der Waals surface area contributed by atoms with Crippen LogP contribution >= 0.6 is 11.6 Å². The average molecular weight is 313 g/mol. The van der Waals surface area contributed by atoms with Crippen LogP contribution in [-0.2, 0) is 10.0 Å². The van der Waals surface area contributed by atoms with E-state index >= 15 is 0 Å². The van der Waals surface area contributed by atoms with Gasteiger partial charge in [-0.2, -0.15) is 0 Å². The van der Waals surface area contributed by atoms with Crippen molar-refractivity contribution in [2.45, 2.75) is 4.90 Å². The number of hydrazine groups is 1. The first-order chi connectivity index (χ1) is 9.49. The third-order valence-corrected chi connectivity index (χ3v) is 3.71. The first-order valence-electron chi connectivity index (χ1n) is 5.33. The van der Waals surface area contributed by atoms with Gasteiger partial charge in [0.25, 0.3) is 15.9 Å². The van der Waals surface area contributed by atoms with Gasteiger partial charge in [0, 0.05) is 24.2 Å². The van der Waals surface area contributed by atoms with Crippen LogP contribution < -0.4 is 10.3 Å². The van der Waals surface area contributed by atoms with Gasteiger partial charge in [0.2, 0.25) is 0 Å². The van der Waals surface area contributed by atoms with Crippen molar-refractivity contribution in [3.05, 3.63) is 53.6 Å². The molecule has 0 saturated heterocycles. The van der Waals surface area contributed by atoms with Crippen LogP contribution in [0.3, 0.4) is 0 Å². The van der Waals surface area contributed by atoms with Gasteiger partial charge < -0.3 is 0 Å². The Morgan fingerprint density at radius 1 is 1.15 bits per heavy atom. The molecule has 2 N–H and O–H groups in total. The Labute approximate surface area is 120 Å². The van der Waals surface area contributed by atoms with Gasteiger partial charge in [-0.15, -0.1) is 4.83 Å². The highest BCUT2D eigenvalue weighted by Gasteiger charge is 2.16. The standard InChI is InChI=1S/C11H9ClN4O3S/c12-10-2-1-9(7-14-10)20(18,19)16-15-11(17)8-3-5-13-6-4-8/h1-7,16H,(H,15,17). The molecule has 0 aromatic carbocycles. The van der Waals surface area contributed by atoms with E-state index in [1.54, 1.807) is 0 Å². The number of rotatable bonds is 4. The molecule has 0 fully saturated rings. The lowest BCUT2D eigenvalue weighted by Crippen LogP contribution is -2.41. The largest absolute Gasteiger partial charge is 0.273 e. The fourth-order valence-electron chi connectivity index (χ4n) is 1.27. The Morgan fingerprint density at radius 2 is 1.85 bits per heavy atom. The van der Waals surface area contributed by atoms with Gasteiger partial charge in [-0.05, 0) is 24.3 Å². The van der Waals surface area contributed by atoms with Crippen LogP contribution in [0, 0.1) is 0 Å². The van der Waals surface area contributed by atoms with E-state index in [0.717, 1.165) is 6.20 Å². The van der Waals surface area contributed by atoms with Crippen LogP contribution in [0.1, 0.15) is 10.4 Å². The highest BCUT2D eigenvalue weighted by Crippen LogP contribution is 2.09. The van der Waals surface area contributed by atoms with Crippen LogP contribution in [0.4, 0.5) is 0 Å². The average Bonchev–Trinajstić information content (AvgIpc) is 2.46. The molecule has 104 valence electrons. The van der Waals surface area contributed by atoms with Crippen LogP contribution in [0.15, 0.2) is 47.8 Å². The first-order valence-corrected chi connectivity index (χ1v) is 7.19. The van der Waals surface area contributed by atoms with Gasteiger partial charge in [-0.3, -0.25) is 15.2 Å². The second kappa shape index (κ2) is 5.95. The summed E-state index contributed by atoms with van der Waals surface area (Å²) in [5.41, 5.74) is 2.36. The number of nitrogens with one attached hydrogen (secondary N) is 2. The van der Waals surface area contributed by atoms with Crippen LogP contribution in [-0.4, -0.2) is 24.3 Å². The number of hydrogen-bond acceptors (Lipinski definition) is 5. The van der Waals surface area contributed by atoms with Crippen molar-refractivity contribution in [2.75, 3.05) is 0 Å². The molecule has 2 aromatic rings. The van der Waals surface area contributed by atoms with E-state index in [4.69, 9.17) is 11.6 Å². The highest BCUT2D eigenvalue weighted by atomic mass is 35.5. The Morgan fingerprint density at radius 3 is 2.45 bits per heavy atom. The minimum atomic E-state index is -3.90. The molecule has 0 unspecified atom stereocenters. The summed E-state index contributed by atoms with van der Waals surface area (Å²) in [6, 6.07) is 5.51. The fourth-order valence-corrected chi connectivity index (χ4v) is 2.16. The van der Waals surface area contributed by atoms with E-state index in [9.17, 15) is 13.2 Å². The SMILES string of the molecule is O=C(NNS(=O)(=O)c1ccc(Cl)nc1)c1ccncc1. The van der Waals surface area contributed by atoms with Crippen molar-refractivity contribution < 1.29 is 13.2 Å². The lowest BCUT2D eigenvalue weighted by Gasteiger charge is -2.08. The van der Waals surface area contributed by atoms with E-state index in [-0.39, 0.29) is 15.6 Å². The maximum atomic E-state index is 11.9. The molecule has 0 aliphatic rings. The number of halogens is 1. The molecule has 7 nitrogen and oxygen atoms in total.